The number of carbonyl (C=O) groups excluding carboxylic acids is 1. The van der Waals surface area contributed by atoms with Crippen molar-refractivity contribution in [3.8, 4) is 0 Å². The zero-order chi connectivity index (χ0) is 19.3. The van der Waals surface area contributed by atoms with Gasteiger partial charge in [-0.05, 0) is 73.6 Å². The lowest BCUT2D eigenvalue weighted by Gasteiger charge is -2.39. The number of nitrogens with one attached hydrogen (secondary N) is 1. The smallest absolute Gasteiger partial charge is 0.253 e. The average molecular weight is 361 g/mol. The van der Waals surface area contributed by atoms with E-state index in [0.29, 0.717) is 17.9 Å². The van der Waals surface area contributed by atoms with Crippen LogP contribution >= 0.6 is 0 Å². The van der Waals surface area contributed by atoms with E-state index >= 15 is 0 Å². The zero-order valence-corrected chi connectivity index (χ0v) is 16.8. The van der Waals surface area contributed by atoms with Crippen LogP contribution in [0.5, 0.6) is 0 Å². The van der Waals surface area contributed by atoms with Crippen LogP contribution in [0.4, 0.5) is 5.69 Å². The third-order valence-corrected chi connectivity index (χ3v) is 6.06. The van der Waals surface area contributed by atoms with E-state index in [1.807, 2.05) is 6.07 Å². The fourth-order valence-electron chi connectivity index (χ4n) is 4.95. The van der Waals surface area contributed by atoms with Crippen LogP contribution in [0.25, 0.3) is 0 Å². The first-order chi connectivity index (χ1) is 12.9. The standard InChI is InChI=1S/C24H28N2O/c1-14-11-15(2)22(16(3)12-14)23-19-8-6-7-18(19)20-13-17(24(27)26(4)5)9-10-21(20)25-23/h6-7,9-13,18-19,23,25H,8H2,1-5H3. The highest BCUT2D eigenvalue weighted by molar-refractivity contribution is 5.94. The number of benzene rings is 2. The van der Waals surface area contributed by atoms with E-state index < -0.39 is 0 Å². The first kappa shape index (κ1) is 17.8. The monoisotopic (exact) mass is 360 g/mol. The van der Waals surface area contributed by atoms with Crippen molar-refractivity contribution in [3.05, 3.63) is 75.9 Å². The van der Waals surface area contributed by atoms with Gasteiger partial charge in [-0.1, -0.05) is 29.8 Å². The maximum atomic E-state index is 12.4. The molecular formula is C24H28N2O. The summed E-state index contributed by atoms with van der Waals surface area (Å²) >= 11 is 0. The van der Waals surface area contributed by atoms with Crippen LogP contribution in [-0.4, -0.2) is 24.9 Å². The van der Waals surface area contributed by atoms with Crippen molar-refractivity contribution in [3.63, 3.8) is 0 Å². The minimum absolute atomic E-state index is 0.0590. The third-order valence-electron chi connectivity index (χ3n) is 6.06. The van der Waals surface area contributed by atoms with Gasteiger partial charge in [-0.25, -0.2) is 0 Å². The number of nitrogens with zero attached hydrogens (tertiary/aromatic N) is 1. The highest BCUT2D eigenvalue weighted by Gasteiger charge is 2.39. The zero-order valence-electron chi connectivity index (χ0n) is 16.8. The molecular weight excluding hydrogens is 332 g/mol. The Morgan fingerprint density at radius 2 is 1.78 bits per heavy atom. The number of fused-ring (bicyclic) bond motifs is 3. The Kier molecular flexibility index (Phi) is 4.33. The van der Waals surface area contributed by atoms with Crippen molar-refractivity contribution < 1.29 is 4.79 Å². The molecule has 3 atom stereocenters. The lowest BCUT2D eigenvalue weighted by atomic mass is 9.75. The second kappa shape index (κ2) is 6.56. The molecule has 3 nitrogen and oxygen atoms in total. The molecule has 27 heavy (non-hydrogen) atoms. The van der Waals surface area contributed by atoms with Gasteiger partial charge in [0.1, 0.15) is 0 Å². The summed E-state index contributed by atoms with van der Waals surface area (Å²) in [7, 11) is 3.61. The molecule has 0 aromatic heterocycles. The summed E-state index contributed by atoms with van der Waals surface area (Å²) in [5.41, 5.74) is 8.64. The molecule has 140 valence electrons. The lowest BCUT2D eigenvalue weighted by Crippen LogP contribution is -2.31. The molecule has 3 unspecified atom stereocenters. The summed E-state index contributed by atoms with van der Waals surface area (Å²) in [5, 5.41) is 3.82. The van der Waals surface area contributed by atoms with Crippen LogP contribution in [0.3, 0.4) is 0 Å². The maximum absolute atomic E-state index is 12.4. The number of rotatable bonds is 2. The minimum Gasteiger partial charge on any atom is -0.378 e. The van der Waals surface area contributed by atoms with Gasteiger partial charge in [-0.3, -0.25) is 4.79 Å². The molecule has 0 spiro atoms. The Balaban J connectivity index is 1.79. The molecule has 0 bridgehead atoms. The Morgan fingerprint density at radius 3 is 2.44 bits per heavy atom. The second-order valence-electron chi connectivity index (χ2n) is 8.29. The highest BCUT2D eigenvalue weighted by atomic mass is 16.2. The fraction of sp³-hybridized carbons (Fsp3) is 0.375. The quantitative estimate of drug-likeness (QED) is 0.752. The number of hydrogen-bond acceptors (Lipinski definition) is 2. The topological polar surface area (TPSA) is 32.3 Å². The SMILES string of the molecule is Cc1cc(C)c(C2Nc3ccc(C(=O)N(C)C)cc3C3C=CCC32)c(C)c1. The van der Waals surface area contributed by atoms with Crippen LogP contribution < -0.4 is 5.32 Å². The molecule has 1 amide bonds. The van der Waals surface area contributed by atoms with Crippen LogP contribution in [0.2, 0.25) is 0 Å². The van der Waals surface area contributed by atoms with Crippen molar-refractivity contribution in [2.24, 2.45) is 5.92 Å². The summed E-state index contributed by atoms with van der Waals surface area (Å²) in [4.78, 5) is 14.1. The molecule has 2 aromatic rings. The van der Waals surface area contributed by atoms with Gasteiger partial charge in [0.2, 0.25) is 0 Å². The summed E-state index contributed by atoms with van der Waals surface area (Å²) in [5.74, 6) is 0.909. The lowest BCUT2D eigenvalue weighted by molar-refractivity contribution is 0.0827. The van der Waals surface area contributed by atoms with Crippen LogP contribution in [0, 0.1) is 26.7 Å². The van der Waals surface area contributed by atoms with E-state index in [2.05, 4.69) is 62.5 Å². The van der Waals surface area contributed by atoms with Gasteiger partial charge in [0.15, 0.2) is 0 Å². The maximum Gasteiger partial charge on any atom is 0.253 e. The van der Waals surface area contributed by atoms with E-state index in [0.717, 1.165) is 17.7 Å². The summed E-state index contributed by atoms with van der Waals surface area (Å²) < 4.78 is 0. The molecule has 0 saturated heterocycles. The number of carbonyl (C=O) groups is 1. The molecule has 2 aliphatic rings. The van der Waals surface area contributed by atoms with Gasteiger partial charge in [0.25, 0.3) is 5.91 Å². The molecule has 1 N–H and O–H groups in total. The van der Waals surface area contributed by atoms with Gasteiger partial charge in [-0.15, -0.1) is 0 Å². The van der Waals surface area contributed by atoms with E-state index in [4.69, 9.17) is 0 Å². The van der Waals surface area contributed by atoms with E-state index in [1.54, 1.807) is 19.0 Å². The Hall–Kier alpha value is -2.55. The average Bonchev–Trinajstić information content (AvgIpc) is 3.10. The largest absolute Gasteiger partial charge is 0.378 e. The van der Waals surface area contributed by atoms with Crippen LogP contribution in [0.1, 0.15) is 56.6 Å². The van der Waals surface area contributed by atoms with Crippen molar-refractivity contribution in [1.29, 1.82) is 0 Å². The Labute approximate surface area is 162 Å². The molecule has 1 aliphatic heterocycles. The number of aryl methyl sites for hydroxylation is 3. The van der Waals surface area contributed by atoms with Gasteiger partial charge in [0.05, 0.1) is 6.04 Å². The fourth-order valence-corrected chi connectivity index (χ4v) is 4.95. The number of allylic oxidation sites excluding steroid dienone is 2. The minimum atomic E-state index is 0.0590. The number of anilines is 1. The molecule has 1 aliphatic carbocycles. The van der Waals surface area contributed by atoms with Gasteiger partial charge >= 0.3 is 0 Å². The van der Waals surface area contributed by atoms with Gasteiger partial charge < -0.3 is 10.2 Å². The molecule has 2 aromatic carbocycles. The molecule has 0 fully saturated rings. The number of hydrogen-bond donors (Lipinski definition) is 1. The van der Waals surface area contributed by atoms with Gasteiger partial charge in [0, 0.05) is 31.3 Å². The molecule has 0 radical (unpaired) electrons. The first-order valence-corrected chi connectivity index (χ1v) is 9.73. The summed E-state index contributed by atoms with van der Waals surface area (Å²) in [6.07, 6.45) is 5.71. The van der Waals surface area contributed by atoms with Crippen LogP contribution in [-0.2, 0) is 0 Å². The molecule has 3 heteroatoms. The van der Waals surface area contributed by atoms with Crippen molar-refractivity contribution >= 4 is 11.6 Å². The summed E-state index contributed by atoms with van der Waals surface area (Å²) in [6.45, 7) is 6.61. The Morgan fingerprint density at radius 1 is 1.07 bits per heavy atom. The highest BCUT2D eigenvalue weighted by Crippen LogP contribution is 2.51. The van der Waals surface area contributed by atoms with E-state index in [1.165, 1.54) is 27.8 Å². The normalized spacial score (nSPS) is 22.8. The van der Waals surface area contributed by atoms with Crippen molar-refractivity contribution in [2.45, 2.75) is 39.2 Å². The first-order valence-electron chi connectivity index (χ1n) is 9.73. The third kappa shape index (κ3) is 2.95. The van der Waals surface area contributed by atoms with Crippen molar-refractivity contribution in [2.75, 3.05) is 19.4 Å². The van der Waals surface area contributed by atoms with Crippen molar-refractivity contribution in [1.82, 2.24) is 4.90 Å². The van der Waals surface area contributed by atoms with Crippen LogP contribution in [0.15, 0.2) is 42.5 Å². The Bertz CT molecular complexity index is 918. The van der Waals surface area contributed by atoms with Gasteiger partial charge in [-0.2, -0.15) is 0 Å². The van der Waals surface area contributed by atoms with E-state index in [-0.39, 0.29) is 5.91 Å². The predicted molar refractivity (Wildman–Crippen MR) is 111 cm³/mol. The summed E-state index contributed by atoms with van der Waals surface area (Å²) in [6, 6.07) is 11.0. The second-order valence-corrected chi connectivity index (χ2v) is 8.29. The predicted octanol–water partition coefficient (Wildman–Crippen LogP) is 5.14. The number of amides is 1. The van der Waals surface area contributed by atoms with E-state index in [9.17, 15) is 4.79 Å². The molecule has 4 rings (SSSR count). The molecule has 1 heterocycles. The molecule has 0 saturated carbocycles.